The van der Waals surface area contributed by atoms with Crippen LogP contribution in [0.1, 0.15) is 33.3 Å². The molecule has 1 aromatic carbocycles. The summed E-state index contributed by atoms with van der Waals surface area (Å²) in [6, 6.07) is 12.1. The third-order valence-corrected chi connectivity index (χ3v) is 4.68. The summed E-state index contributed by atoms with van der Waals surface area (Å²) < 4.78 is 10.8. The minimum absolute atomic E-state index is 0.0573. The molecule has 0 saturated carbocycles. The third-order valence-electron chi connectivity index (χ3n) is 4.68. The van der Waals surface area contributed by atoms with E-state index in [4.69, 9.17) is 9.47 Å². The maximum atomic E-state index is 12.9. The zero-order valence-electron chi connectivity index (χ0n) is 20.1. The number of nitro groups is 1. The van der Waals surface area contributed by atoms with Crippen molar-refractivity contribution >= 4 is 23.7 Å². The lowest BCUT2D eigenvalue weighted by Crippen LogP contribution is -2.52. The van der Waals surface area contributed by atoms with Crippen molar-refractivity contribution in [3.05, 3.63) is 64.3 Å². The molecule has 184 valence electrons. The van der Waals surface area contributed by atoms with Crippen molar-refractivity contribution in [2.45, 2.75) is 39.9 Å². The van der Waals surface area contributed by atoms with Gasteiger partial charge in [-0.15, -0.1) is 0 Å². The Morgan fingerprint density at radius 3 is 2.26 bits per heavy atom. The van der Waals surface area contributed by atoms with Gasteiger partial charge in [-0.05, 0) is 49.2 Å². The molecule has 0 fully saturated rings. The Balaban J connectivity index is 2.12. The van der Waals surface area contributed by atoms with Gasteiger partial charge in [0, 0.05) is 26.2 Å². The average Bonchev–Trinajstić information content (AvgIpc) is 2.79. The lowest BCUT2D eigenvalue weighted by atomic mass is 10.2. The SMILES string of the molecule is CCN(CCN(C(=O)OC(C)(C)C)N(C)C(=O)OCc1ccccc1)c1ccc([N+](=O)[O-])nc1. The minimum Gasteiger partial charge on any atom is -0.443 e. The van der Waals surface area contributed by atoms with Crippen LogP contribution in [0.25, 0.3) is 0 Å². The fourth-order valence-electron chi connectivity index (χ4n) is 2.95. The number of pyridine rings is 1. The summed E-state index contributed by atoms with van der Waals surface area (Å²) in [5.74, 6) is -0.254. The van der Waals surface area contributed by atoms with Crippen LogP contribution in [-0.4, -0.2) is 64.4 Å². The maximum Gasteiger partial charge on any atom is 0.429 e. The number of nitrogens with zero attached hydrogens (tertiary/aromatic N) is 5. The summed E-state index contributed by atoms with van der Waals surface area (Å²) in [7, 11) is 1.43. The number of hydrazine groups is 1. The van der Waals surface area contributed by atoms with Crippen molar-refractivity contribution in [3.8, 4) is 0 Å². The van der Waals surface area contributed by atoms with Crippen LogP contribution in [0.5, 0.6) is 0 Å². The van der Waals surface area contributed by atoms with Crippen molar-refractivity contribution in [2.24, 2.45) is 0 Å². The number of amides is 2. The Morgan fingerprint density at radius 1 is 1.06 bits per heavy atom. The largest absolute Gasteiger partial charge is 0.443 e. The van der Waals surface area contributed by atoms with Crippen molar-refractivity contribution in [3.63, 3.8) is 0 Å². The Hall–Kier alpha value is -3.89. The molecule has 0 N–H and O–H groups in total. The maximum absolute atomic E-state index is 12.9. The monoisotopic (exact) mass is 473 g/mol. The molecule has 34 heavy (non-hydrogen) atoms. The molecule has 0 unspecified atom stereocenters. The first-order valence-electron chi connectivity index (χ1n) is 10.8. The lowest BCUT2D eigenvalue weighted by molar-refractivity contribution is -0.389. The highest BCUT2D eigenvalue weighted by molar-refractivity contribution is 5.74. The molecular formula is C23H31N5O6. The van der Waals surface area contributed by atoms with Crippen LogP contribution in [0.3, 0.4) is 0 Å². The van der Waals surface area contributed by atoms with Gasteiger partial charge in [0.15, 0.2) is 6.20 Å². The van der Waals surface area contributed by atoms with E-state index in [1.54, 1.807) is 26.8 Å². The lowest BCUT2D eigenvalue weighted by Gasteiger charge is -2.34. The van der Waals surface area contributed by atoms with Gasteiger partial charge in [0.1, 0.15) is 12.2 Å². The van der Waals surface area contributed by atoms with Gasteiger partial charge in [0.05, 0.1) is 12.2 Å². The van der Waals surface area contributed by atoms with Crippen LogP contribution >= 0.6 is 0 Å². The number of rotatable bonds is 8. The highest BCUT2D eigenvalue weighted by atomic mass is 16.6. The molecule has 0 saturated heterocycles. The minimum atomic E-state index is -0.767. The summed E-state index contributed by atoms with van der Waals surface area (Å²) >= 11 is 0. The summed E-state index contributed by atoms with van der Waals surface area (Å²) in [5, 5.41) is 13.1. The zero-order valence-corrected chi connectivity index (χ0v) is 20.1. The second-order valence-electron chi connectivity index (χ2n) is 8.38. The van der Waals surface area contributed by atoms with E-state index < -0.39 is 22.7 Å². The number of hydrogen-bond donors (Lipinski definition) is 0. The number of hydrogen-bond acceptors (Lipinski definition) is 8. The van der Waals surface area contributed by atoms with Crippen LogP contribution in [0.2, 0.25) is 0 Å². The van der Waals surface area contributed by atoms with E-state index in [1.165, 1.54) is 24.3 Å². The van der Waals surface area contributed by atoms with Gasteiger partial charge in [-0.2, -0.15) is 0 Å². The van der Waals surface area contributed by atoms with E-state index in [-0.39, 0.29) is 19.0 Å². The second kappa shape index (κ2) is 11.8. The smallest absolute Gasteiger partial charge is 0.429 e. The molecule has 1 heterocycles. The first-order valence-corrected chi connectivity index (χ1v) is 10.8. The van der Waals surface area contributed by atoms with E-state index in [0.717, 1.165) is 10.6 Å². The molecule has 0 aliphatic heterocycles. The normalized spacial score (nSPS) is 10.9. The molecule has 2 rings (SSSR count). The van der Waals surface area contributed by atoms with Crippen LogP contribution in [0.4, 0.5) is 21.1 Å². The van der Waals surface area contributed by atoms with Gasteiger partial charge in [-0.1, -0.05) is 30.3 Å². The molecule has 2 aromatic rings. The molecule has 0 aliphatic carbocycles. The van der Waals surface area contributed by atoms with E-state index in [0.29, 0.717) is 18.8 Å². The average molecular weight is 474 g/mol. The number of ether oxygens (including phenoxy) is 2. The second-order valence-corrected chi connectivity index (χ2v) is 8.38. The van der Waals surface area contributed by atoms with Crippen molar-refractivity contribution < 1.29 is 24.0 Å². The van der Waals surface area contributed by atoms with Crippen LogP contribution in [-0.2, 0) is 16.1 Å². The first-order chi connectivity index (χ1) is 16.0. The number of anilines is 1. The fourth-order valence-corrected chi connectivity index (χ4v) is 2.95. The van der Waals surface area contributed by atoms with E-state index >= 15 is 0 Å². The van der Waals surface area contributed by atoms with E-state index in [9.17, 15) is 19.7 Å². The topological polar surface area (TPSA) is 118 Å². The number of carbonyl (C=O) groups excluding carboxylic acids is 2. The van der Waals surface area contributed by atoms with Gasteiger partial charge in [-0.25, -0.2) is 19.6 Å². The molecule has 0 bridgehead atoms. The van der Waals surface area contributed by atoms with Crippen LogP contribution in [0.15, 0.2) is 48.7 Å². The molecule has 11 nitrogen and oxygen atoms in total. The fraction of sp³-hybridized carbons (Fsp3) is 0.435. The molecule has 2 amide bonds. The Morgan fingerprint density at radius 2 is 1.74 bits per heavy atom. The zero-order chi connectivity index (χ0) is 25.3. The highest BCUT2D eigenvalue weighted by Crippen LogP contribution is 2.17. The van der Waals surface area contributed by atoms with Crippen LogP contribution in [0, 0.1) is 10.1 Å². The van der Waals surface area contributed by atoms with Crippen molar-refractivity contribution in [1.82, 2.24) is 15.0 Å². The summed E-state index contributed by atoms with van der Waals surface area (Å²) in [5.41, 5.74) is 0.694. The number of benzene rings is 1. The predicted octanol–water partition coefficient (Wildman–Crippen LogP) is 4.24. The predicted molar refractivity (Wildman–Crippen MR) is 126 cm³/mol. The van der Waals surface area contributed by atoms with Crippen molar-refractivity contribution in [1.29, 1.82) is 0 Å². The molecular weight excluding hydrogens is 442 g/mol. The van der Waals surface area contributed by atoms with Gasteiger partial charge in [0.2, 0.25) is 0 Å². The van der Waals surface area contributed by atoms with Gasteiger partial charge < -0.3 is 24.5 Å². The summed E-state index contributed by atoms with van der Waals surface area (Å²) in [4.78, 5) is 41.6. The first kappa shape index (κ1) is 26.4. The number of likely N-dealkylation sites (N-methyl/N-ethyl adjacent to an activating group) is 1. The molecule has 1 aromatic heterocycles. The molecule has 0 atom stereocenters. The number of carbonyl (C=O) groups is 2. The quantitative estimate of drug-likeness (QED) is 0.413. The van der Waals surface area contributed by atoms with Gasteiger partial charge >= 0.3 is 18.0 Å². The van der Waals surface area contributed by atoms with E-state index in [2.05, 4.69) is 4.98 Å². The molecule has 11 heteroatoms. The number of aromatic nitrogens is 1. The Bertz CT molecular complexity index is 962. The summed E-state index contributed by atoms with van der Waals surface area (Å²) in [6.07, 6.45) is -0.0172. The van der Waals surface area contributed by atoms with Crippen LogP contribution < -0.4 is 4.90 Å². The Kier molecular flexibility index (Phi) is 9.17. The highest BCUT2D eigenvalue weighted by Gasteiger charge is 2.29. The Labute approximate surface area is 199 Å². The van der Waals surface area contributed by atoms with Gasteiger partial charge in [0.25, 0.3) is 0 Å². The van der Waals surface area contributed by atoms with E-state index in [1.807, 2.05) is 42.2 Å². The molecule has 0 radical (unpaired) electrons. The standard InChI is InChI=1S/C23H31N5O6/c1-6-26(19-12-13-20(24-16-19)28(31)32)14-15-27(22(30)34-23(2,3)4)25(5)21(29)33-17-18-10-8-7-9-11-18/h7-13,16H,6,14-15,17H2,1-5H3. The van der Waals surface area contributed by atoms with Crippen molar-refractivity contribution in [2.75, 3.05) is 31.6 Å². The van der Waals surface area contributed by atoms with Gasteiger partial charge in [-0.3, -0.25) is 0 Å². The summed E-state index contributed by atoms with van der Waals surface area (Å²) in [6.45, 7) is 8.11. The third kappa shape index (κ3) is 7.91. The molecule has 0 aliphatic rings. The molecule has 0 spiro atoms.